The van der Waals surface area contributed by atoms with Crippen molar-refractivity contribution >= 4 is 11.6 Å². The summed E-state index contributed by atoms with van der Waals surface area (Å²) >= 11 is 0. The number of amides is 1. The lowest BCUT2D eigenvalue weighted by molar-refractivity contribution is -0.124. The molecule has 0 saturated carbocycles. The highest BCUT2D eigenvalue weighted by Gasteiger charge is 2.23. The Morgan fingerprint density at radius 2 is 2.20 bits per heavy atom. The van der Waals surface area contributed by atoms with Crippen LogP contribution in [0.2, 0.25) is 0 Å². The highest BCUT2D eigenvalue weighted by atomic mass is 16.1. The maximum atomic E-state index is 12.2. The molecule has 1 aliphatic rings. The van der Waals surface area contributed by atoms with Crippen LogP contribution in [0.25, 0.3) is 0 Å². The molecule has 1 aliphatic heterocycles. The van der Waals surface area contributed by atoms with Gasteiger partial charge in [0.05, 0.1) is 18.2 Å². The number of fused-ring (bicyclic) bond motifs is 1. The molecular weight excluding hydrogens is 252 g/mol. The second-order valence-corrected chi connectivity index (χ2v) is 4.87. The summed E-state index contributed by atoms with van der Waals surface area (Å²) in [6.45, 7) is 1.09. The lowest BCUT2D eigenvalue weighted by atomic mass is 9.93. The number of nitrogens with zero attached hydrogens (tertiary/aromatic N) is 2. The van der Waals surface area contributed by atoms with E-state index in [2.05, 4.69) is 26.9 Å². The summed E-state index contributed by atoms with van der Waals surface area (Å²) in [6.07, 6.45) is 2.39. The molecule has 1 aromatic heterocycles. The number of rotatable bonds is 3. The van der Waals surface area contributed by atoms with Crippen LogP contribution in [0.1, 0.15) is 11.3 Å². The Balaban J connectivity index is 1.59. The molecule has 0 spiro atoms. The van der Waals surface area contributed by atoms with Crippen molar-refractivity contribution in [3.05, 3.63) is 53.9 Å². The van der Waals surface area contributed by atoms with Gasteiger partial charge < -0.3 is 10.6 Å². The van der Waals surface area contributed by atoms with Crippen LogP contribution < -0.4 is 10.6 Å². The van der Waals surface area contributed by atoms with Crippen LogP contribution >= 0.6 is 0 Å². The van der Waals surface area contributed by atoms with E-state index in [1.807, 2.05) is 30.3 Å². The van der Waals surface area contributed by atoms with Crippen molar-refractivity contribution in [1.82, 2.24) is 15.5 Å². The number of nitrogens with one attached hydrogen (secondary N) is 2. The molecule has 20 heavy (non-hydrogen) atoms. The lowest BCUT2D eigenvalue weighted by Gasteiger charge is -2.25. The molecule has 0 radical (unpaired) electrons. The van der Waals surface area contributed by atoms with Crippen molar-refractivity contribution < 1.29 is 4.79 Å². The molecule has 1 amide bonds. The molecule has 2 aromatic rings. The van der Waals surface area contributed by atoms with Gasteiger partial charge in [0.25, 0.3) is 0 Å². The fraction of sp³-hybridized carbons (Fsp3) is 0.267. The van der Waals surface area contributed by atoms with Gasteiger partial charge in [-0.25, -0.2) is 0 Å². The minimum Gasteiger partial charge on any atom is -0.384 e. The van der Waals surface area contributed by atoms with Gasteiger partial charge in [-0.15, -0.1) is 0 Å². The van der Waals surface area contributed by atoms with Crippen LogP contribution in [-0.2, 0) is 17.8 Å². The van der Waals surface area contributed by atoms with Crippen LogP contribution in [-0.4, -0.2) is 22.6 Å². The van der Waals surface area contributed by atoms with Crippen LogP contribution in [0.3, 0.4) is 0 Å². The Bertz CT molecular complexity index is 600. The Hall–Kier alpha value is -2.43. The molecule has 1 atom stereocenters. The smallest absolute Gasteiger partial charge is 0.225 e. The quantitative estimate of drug-likeness (QED) is 0.882. The Morgan fingerprint density at radius 1 is 1.30 bits per heavy atom. The molecule has 0 bridgehead atoms. The van der Waals surface area contributed by atoms with E-state index >= 15 is 0 Å². The van der Waals surface area contributed by atoms with Gasteiger partial charge in [0.15, 0.2) is 0 Å². The van der Waals surface area contributed by atoms with Crippen LogP contribution in [0.15, 0.2) is 42.6 Å². The van der Waals surface area contributed by atoms with E-state index in [-0.39, 0.29) is 11.8 Å². The highest BCUT2D eigenvalue weighted by Crippen LogP contribution is 2.24. The zero-order valence-corrected chi connectivity index (χ0v) is 11.0. The largest absolute Gasteiger partial charge is 0.384 e. The third kappa shape index (κ3) is 2.77. The first-order chi connectivity index (χ1) is 9.83. The van der Waals surface area contributed by atoms with E-state index in [1.165, 1.54) is 5.56 Å². The average molecular weight is 268 g/mol. The third-order valence-corrected chi connectivity index (χ3v) is 3.46. The van der Waals surface area contributed by atoms with Gasteiger partial charge in [-0.3, -0.25) is 4.79 Å². The second-order valence-electron chi connectivity index (χ2n) is 4.87. The zero-order valence-electron chi connectivity index (χ0n) is 11.0. The molecule has 0 saturated heterocycles. The predicted molar refractivity (Wildman–Crippen MR) is 76.0 cm³/mol. The van der Waals surface area contributed by atoms with Crippen molar-refractivity contribution in [3.63, 3.8) is 0 Å². The first-order valence-corrected chi connectivity index (χ1v) is 6.69. The van der Waals surface area contributed by atoms with Crippen molar-refractivity contribution in [3.8, 4) is 0 Å². The maximum Gasteiger partial charge on any atom is 0.225 e. The SMILES string of the molecule is O=C(NCc1cccnn1)C1CNc2ccccc2C1. The average Bonchev–Trinajstić information content (AvgIpc) is 2.53. The topological polar surface area (TPSA) is 66.9 Å². The number of hydrogen-bond acceptors (Lipinski definition) is 4. The maximum absolute atomic E-state index is 12.2. The van der Waals surface area contributed by atoms with Gasteiger partial charge in [0.2, 0.25) is 5.91 Å². The summed E-state index contributed by atoms with van der Waals surface area (Å²) in [7, 11) is 0. The van der Waals surface area contributed by atoms with E-state index in [0.29, 0.717) is 13.1 Å². The summed E-state index contributed by atoms with van der Waals surface area (Å²) in [5.41, 5.74) is 3.09. The summed E-state index contributed by atoms with van der Waals surface area (Å²) in [5.74, 6) is 0.0132. The number of para-hydroxylation sites is 1. The van der Waals surface area contributed by atoms with Gasteiger partial charge in [-0.05, 0) is 30.2 Å². The lowest BCUT2D eigenvalue weighted by Crippen LogP contribution is -2.38. The third-order valence-electron chi connectivity index (χ3n) is 3.46. The number of aromatic nitrogens is 2. The first kappa shape index (κ1) is 12.6. The molecule has 102 valence electrons. The highest BCUT2D eigenvalue weighted by molar-refractivity contribution is 5.80. The summed E-state index contributed by atoms with van der Waals surface area (Å²) in [6, 6.07) is 11.8. The Morgan fingerprint density at radius 3 is 3.05 bits per heavy atom. The number of hydrogen-bond donors (Lipinski definition) is 2. The zero-order chi connectivity index (χ0) is 13.8. The van der Waals surface area contributed by atoms with Crippen LogP contribution in [0, 0.1) is 5.92 Å². The van der Waals surface area contributed by atoms with Crippen molar-refractivity contribution in [2.24, 2.45) is 5.92 Å². The molecule has 2 N–H and O–H groups in total. The summed E-state index contributed by atoms with van der Waals surface area (Å²) in [4.78, 5) is 12.2. The van der Waals surface area contributed by atoms with E-state index in [1.54, 1.807) is 6.20 Å². The molecule has 0 aliphatic carbocycles. The van der Waals surface area contributed by atoms with E-state index < -0.39 is 0 Å². The summed E-state index contributed by atoms with van der Waals surface area (Å²) < 4.78 is 0. The number of benzene rings is 1. The fourth-order valence-corrected chi connectivity index (χ4v) is 2.38. The standard InChI is InChI=1S/C15H16N4O/c20-15(17-10-13-5-3-7-18-19-13)12-8-11-4-1-2-6-14(11)16-9-12/h1-7,12,16H,8-10H2,(H,17,20). The molecule has 2 heterocycles. The van der Waals surface area contributed by atoms with E-state index in [0.717, 1.165) is 17.8 Å². The van der Waals surface area contributed by atoms with Crippen molar-refractivity contribution in [1.29, 1.82) is 0 Å². The molecule has 1 aromatic carbocycles. The minimum atomic E-state index is -0.0402. The van der Waals surface area contributed by atoms with Gasteiger partial charge in [0, 0.05) is 18.4 Å². The normalized spacial score (nSPS) is 16.9. The van der Waals surface area contributed by atoms with Gasteiger partial charge in [0.1, 0.15) is 0 Å². The molecular formula is C15H16N4O. The number of carbonyl (C=O) groups is 1. The number of carbonyl (C=O) groups excluding carboxylic acids is 1. The fourth-order valence-electron chi connectivity index (χ4n) is 2.38. The first-order valence-electron chi connectivity index (χ1n) is 6.69. The number of anilines is 1. The monoisotopic (exact) mass is 268 g/mol. The summed E-state index contributed by atoms with van der Waals surface area (Å²) in [5, 5.41) is 14.0. The van der Waals surface area contributed by atoms with Crippen LogP contribution in [0.4, 0.5) is 5.69 Å². The minimum absolute atomic E-state index is 0.0402. The molecule has 0 fully saturated rings. The molecule has 1 unspecified atom stereocenters. The Labute approximate surface area is 117 Å². The van der Waals surface area contributed by atoms with Gasteiger partial charge in [-0.1, -0.05) is 18.2 Å². The van der Waals surface area contributed by atoms with Crippen molar-refractivity contribution in [2.45, 2.75) is 13.0 Å². The van der Waals surface area contributed by atoms with E-state index in [4.69, 9.17) is 0 Å². The van der Waals surface area contributed by atoms with E-state index in [9.17, 15) is 4.79 Å². The second kappa shape index (κ2) is 5.69. The van der Waals surface area contributed by atoms with Crippen LogP contribution in [0.5, 0.6) is 0 Å². The van der Waals surface area contributed by atoms with Gasteiger partial charge in [-0.2, -0.15) is 10.2 Å². The molecule has 5 heteroatoms. The predicted octanol–water partition coefficient (Wildman–Crippen LogP) is 1.38. The molecule has 3 rings (SSSR count). The van der Waals surface area contributed by atoms with Crippen molar-refractivity contribution in [2.75, 3.05) is 11.9 Å². The molecule has 5 nitrogen and oxygen atoms in total. The Kier molecular flexibility index (Phi) is 3.58. The van der Waals surface area contributed by atoms with Gasteiger partial charge >= 0.3 is 0 Å².